The lowest BCUT2D eigenvalue weighted by Crippen LogP contribution is -2.43. The van der Waals surface area contributed by atoms with Gasteiger partial charge in [0.2, 0.25) is 0 Å². The molecule has 1 aromatic carbocycles. The normalized spacial score (nSPS) is 25.8. The highest BCUT2D eigenvalue weighted by atomic mass is 19.3. The van der Waals surface area contributed by atoms with Crippen LogP contribution in [0.25, 0.3) is 0 Å². The van der Waals surface area contributed by atoms with E-state index in [1.54, 1.807) is 17.0 Å². The number of anilines is 2. The van der Waals surface area contributed by atoms with Gasteiger partial charge in [0.1, 0.15) is 23.6 Å². The van der Waals surface area contributed by atoms with Crippen molar-refractivity contribution in [1.29, 1.82) is 0 Å². The minimum atomic E-state index is -3.39. The van der Waals surface area contributed by atoms with Crippen molar-refractivity contribution < 1.29 is 18.7 Å². The lowest BCUT2D eigenvalue weighted by molar-refractivity contribution is -0.182. The van der Waals surface area contributed by atoms with Crippen LogP contribution in [-0.2, 0) is 12.5 Å². The molecular weight excluding hydrogens is 464 g/mol. The number of halogens is 2. The lowest BCUT2D eigenvalue weighted by Gasteiger charge is -2.33. The Morgan fingerprint density at radius 1 is 1.03 bits per heavy atom. The molecule has 2 aliphatic rings. The molecule has 1 unspecified atom stereocenters. The largest absolute Gasteiger partial charge is 0.384 e. The van der Waals surface area contributed by atoms with Gasteiger partial charge in [-0.15, -0.1) is 0 Å². The zero-order valence-corrected chi connectivity index (χ0v) is 21.2. The number of benzene rings is 1. The summed E-state index contributed by atoms with van der Waals surface area (Å²) in [6.45, 7) is 4.15. The Morgan fingerprint density at radius 2 is 1.69 bits per heavy atom. The molecule has 9 heteroatoms. The second kappa shape index (κ2) is 11.1. The zero-order chi connectivity index (χ0) is 25.8. The number of hydrogen-bond acceptors (Lipinski definition) is 5. The Labute approximate surface area is 211 Å². The number of amides is 2. The van der Waals surface area contributed by atoms with Crippen molar-refractivity contribution in [1.82, 2.24) is 14.9 Å². The van der Waals surface area contributed by atoms with Gasteiger partial charge in [0.25, 0.3) is 0 Å². The van der Waals surface area contributed by atoms with E-state index in [-0.39, 0.29) is 24.1 Å². The predicted octanol–water partition coefficient (Wildman–Crippen LogP) is 6.36. The first-order chi connectivity index (χ1) is 17.2. The maximum atomic E-state index is 15.5. The van der Waals surface area contributed by atoms with Crippen molar-refractivity contribution >= 4 is 17.7 Å². The minimum absolute atomic E-state index is 0.0436. The molecule has 4 bridgehead atoms. The zero-order valence-electron chi connectivity index (χ0n) is 21.2. The highest BCUT2D eigenvalue weighted by molar-refractivity contribution is 5.92. The van der Waals surface area contributed by atoms with Gasteiger partial charge in [-0.25, -0.2) is 14.8 Å². The Morgan fingerprint density at radius 3 is 2.44 bits per heavy atom. The summed E-state index contributed by atoms with van der Waals surface area (Å²) in [5.41, 5.74) is -0.904. The molecule has 3 N–H and O–H groups in total. The van der Waals surface area contributed by atoms with Gasteiger partial charge in [0, 0.05) is 18.2 Å². The van der Waals surface area contributed by atoms with Crippen molar-refractivity contribution in [3.8, 4) is 0 Å². The van der Waals surface area contributed by atoms with Gasteiger partial charge in [-0.05, 0) is 38.3 Å². The number of nitrogens with one attached hydrogen (secondary N) is 2. The third-order valence-electron chi connectivity index (χ3n) is 7.43. The second-order valence-electron chi connectivity index (χ2n) is 10.3. The third kappa shape index (κ3) is 5.77. The fourth-order valence-corrected chi connectivity index (χ4v) is 5.01. The molecule has 0 spiro atoms. The fraction of sp³-hybridized carbons (Fsp3) is 0.593. The number of alkyl halides is 2. The molecule has 2 aliphatic heterocycles. The maximum absolute atomic E-state index is 15.5. The van der Waals surface area contributed by atoms with Crippen LogP contribution in [0.5, 0.6) is 0 Å². The molecule has 3 heterocycles. The predicted molar refractivity (Wildman–Crippen MR) is 136 cm³/mol. The van der Waals surface area contributed by atoms with Crippen molar-refractivity contribution in [2.75, 3.05) is 17.2 Å². The summed E-state index contributed by atoms with van der Waals surface area (Å²) in [6.07, 6.45) is 8.91. The van der Waals surface area contributed by atoms with Crippen LogP contribution in [-0.4, -0.2) is 38.2 Å². The quantitative estimate of drug-likeness (QED) is 0.391. The Balaban J connectivity index is 1.62. The number of carbonyl (C=O) groups is 1. The van der Waals surface area contributed by atoms with Gasteiger partial charge < -0.3 is 15.3 Å². The summed E-state index contributed by atoms with van der Waals surface area (Å²) < 4.78 is 30.9. The number of fused-ring (bicyclic) bond motifs is 3. The van der Waals surface area contributed by atoms with Gasteiger partial charge in [0.05, 0.1) is 12.1 Å². The molecule has 0 radical (unpaired) electrons. The van der Waals surface area contributed by atoms with Crippen LogP contribution in [0.4, 0.5) is 25.2 Å². The molecule has 2 amide bonds. The molecule has 0 fully saturated rings. The van der Waals surface area contributed by atoms with E-state index in [2.05, 4.69) is 20.6 Å². The average Bonchev–Trinajstić information content (AvgIpc) is 2.85. The molecule has 36 heavy (non-hydrogen) atoms. The van der Waals surface area contributed by atoms with E-state index in [0.29, 0.717) is 36.7 Å². The summed E-state index contributed by atoms with van der Waals surface area (Å²) in [5.74, 6) is -2.36. The Kier molecular flexibility index (Phi) is 8.07. The number of rotatable bonds is 0. The van der Waals surface area contributed by atoms with Crippen molar-refractivity contribution in [3.05, 3.63) is 47.3 Å². The molecule has 2 aromatic rings. The molecule has 0 saturated heterocycles. The van der Waals surface area contributed by atoms with Gasteiger partial charge in [-0.2, -0.15) is 8.78 Å². The van der Waals surface area contributed by atoms with E-state index >= 15 is 8.78 Å². The first-order valence-electron chi connectivity index (χ1n) is 13.1. The molecule has 0 aliphatic carbocycles. The molecule has 0 saturated carbocycles. The van der Waals surface area contributed by atoms with E-state index in [9.17, 15) is 9.90 Å². The summed E-state index contributed by atoms with van der Waals surface area (Å²) in [5, 5.41) is 16.9. The van der Waals surface area contributed by atoms with Crippen molar-refractivity contribution in [3.63, 3.8) is 0 Å². The standard InChI is InChI=1S/C27H37F2N5O2/c1-19-20-12-11-13-21(16-20)27(28,29)26(2,36)14-9-7-5-3-4-6-8-10-15-34-17-22-23(32-19)30-18-31-24(22)33-25(34)35/h11-13,16,18-19,36H,3-10,14-15,17H2,1-2H3,(H2,30,31,32,33,35)/t19-,26?/m1/s1. The van der Waals surface area contributed by atoms with Crippen molar-refractivity contribution in [2.45, 2.75) is 95.7 Å². The number of aliphatic hydroxyl groups is 1. The number of urea groups is 1. The number of hydrogen-bond donors (Lipinski definition) is 3. The number of aromatic nitrogens is 2. The van der Waals surface area contributed by atoms with Crippen LogP contribution < -0.4 is 10.6 Å². The van der Waals surface area contributed by atoms with Gasteiger partial charge in [-0.3, -0.25) is 5.32 Å². The third-order valence-corrected chi connectivity index (χ3v) is 7.43. The summed E-state index contributed by atoms with van der Waals surface area (Å²) in [6, 6.07) is 5.70. The smallest absolute Gasteiger partial charge is 0.323 e. The van der Waals surface area contributed by atoms with Crippen LogP contribution in [0.1, 0.15) is 94.4 Å². The van der Waals surface area contributed by atoms with E-state index in [0.717, 1.165) is 50.5 Å². The molecule has 7 nitrogen and oxygen atoms in total. The molecule has 4 rings (SSSR count). The lowest BCUT2D eigenvalue weighted by atomic mass is 9.86. The molecule has 196 valence electrons. The first kappa shape index (κ1) is 26.3. The Bertz CT molecular complexity index is 1060. The van der Waals surface area contributed by atoms with E-state index in [1.807, 2.05) is 6.92 Å². The van der Waals surface area contributed by atoms with Crippen LogP contribution in [0.15, 0.2) is 30.6 Å². The van der Waals surface area contributed by atoms with Crippen LogP contribution in [0.2, 0.25) is 0 Å². The van der Waals surface area contributed by atoms with Crippen molar-refractivity contribution in [2.24, 2.45) is 0 Å². The second-order valence-corrected chi connectivity index (χ2v) is 10.3. The van der Waals surface area contributed by atoms with Gasteiger partial charge in [0.15, 0.2) is 0 Å². The molecule has 1 aromatic heterocycles. The topological polar surface area (TPSA) is 90.4 Å². The monoisotopic (exact) mass is 501 g/mol. The van der Waals surface area contributed by atoms with Crippen LogP contribution >= 0.6 is 0 Å². The minimum Gasteiger partial charge on any atom is -0.384 e. The average molecular weight is 502 g/mol. The fourth-order valence-electron chi connectivity index (χ4n) is 5.01. The van der Waals surface area contributed by atoms with Gasteiger partial charge >= 0.3 is 12.0 Å². The Hall–Kier alpha value is -2.81. The summed E-state index contributed by atoms with van der Waals surface area (Å²) in [7, 11) is 0. The van der Waals surface area contributed by atoms with E-state index in [4.69, 9.17) is 0 Å². The summed E-state index contributed by atoms with van der Waals surface area (Å²) in [4.78, 5) is 23.0. The van der Waals surface area contributed by atoms with E-state index < -0.39 is 11.5 Å². The number of carbonyl (C=O) groups excluding carboxylic acids is 1. The maximum Gasteiger partial charge on any atom is 0.323 e. The number of nitrogens with zero attached hydrogens (tertiary/aromatic N) is 3. The van der Waals surface area contributed by atoms with Gasteiger partial charge in [-0.1, -0.05) is 63.1 Å². The van der Waals surface area contributed by atoms with Crippen LogP contribution in [0.3, 0.4) is 0 Å². The summed E-state index contributed by atoms with van der Waals surface area (Å²) >= 11 is 0. The molecule has 2 atom stereocenters. The first-order valence-corrected chi connectivity index (χ1v) is 13.1. The SMILES string of the molecule is C[C@H]1Nc2ncnc3c2CN(CCCCCCCCCCC(C)(O)C(F)(F)c2cccc1c2)C(=O)N3. The highest BCUT2D eigenvalue weighted by Gasteiger charge is 2.49. The molecular formula is C27H37F2N5O2. The van der Waals surface area contributed by atoms with E-state index in [1.165, 1.54) is 25.4 Å². The highest BCUT2D eigenvalue weighted by Crippen LogP contribution is 2.42. The van der Waals surface area contributed by atoms with Crippen LogP contribution in [0, 0.1) is 0 Å².